The minimum absolute atomic E-state index is 0.260. The number of alkyl halides is 2. The number of esters is 4. The lowest BCUT2D eigenvalue weighted by atomic mass is 10.0. The lowest BCUT2D eigenvalue weighted by Gasteiger charge is -2.34. The summed E-state index contributed by atoms with van der Waals surface area (Å²) in [7, 11) is 0. The summed E-state index contributed by atoms with van der Waals surface area (Å²) in [6.07, 6.45) is -4.90. The first-order valence-corrected chi connectivity index (χ1v) is 8.00. The molecule has 0 aliphatic heterocycles. The van der Waals surface area contributed by atoms with E-state index in [1.54, 1.807) is 0 Å². The number of carbonyl (C=O) groups is 4. The standard InChI is InChI=1S/C14H20Cl2O8/c1-7(17)21-11(5-15)13(23-9(3)19)14(24-10(4)20)12(6-16)22-8(2)18/h11-14H,5-6H2,1-4H3/t11-,12+,13-,14-/m1/s1. The summed E-state index contributed by atoms with van der Waals surface area (Å²) in [6.45, 7) is 4.49. The van der Waals surface area contributed by atoms with Crippen LogP contribution in [0.3, 0.4) is 0 Å². The van der Waals surface area contributed by atoms with E-state index in [2.05, 4.69) is 0 Å². The second-order valence-electron chi connectivity index (χ2n) is 4.75. The Bertz CT molecular complexity index is 426. The predicted octanol–water partition coefficient (Wildman–Crippen LogP) is 1.19. The van der Waals surface area contributed by atoms with E-state index in [9.17, 15) is 19.2 Å². The molecule has 0 aromatic rings. The Morgan fingerprint density at radius 1 is 0.625 bits per heavy atom. The molecule has 0 fully saturated rings. The molecule has 0 saturated heterocycles. The molecular formula is C14H20Cl2O8. The number of ether oxygens (including phenoxy) is 4. The molecule has 4 atom stereocenters. The molecule has 138 valence electrons. The maximum absolute atomic E-state index is 11.4. The van der Waals surface area contributed by atoms with Crippen LogP contribution in [0.5, 0.6) is 0 Å². The van der Waals surface area contributed by atoms with Gasteiger partial charge in [-0.15, -0.1) is 23.2 Å². The summed E-state index contributed by atoms with van der Waals surface area (Å²) < 4.78 is 20.2. The number of hydrogen-bond acceptors (Lipinski definition) is 8. The van der Waals surface area contributed by atoms with Crippen LogP contribution in [0.15, 0.2) is 0 Å². The normalized spacial score (nSPS) is 15.4. The van der Waals surface area contributed by atoms with Crippen molar-refractivity contribution in [3.8, 4) is 0 Å². The van der Waals surface area contributed by atoms with Gasteiger partial charge in [-0.25, -0.2) is 0 Å². The van der Waals surface area contributed by atoms with Crippen LogP contribution in [0, 0.1) is 0 Å². The highest BCUT2D eigenvalue weighted by molar-refractivity contribution is 6.18. The predicted molar refractivity (Wildman–Crippen MR) is 83.7 cm³/mol. The molecule has 0 aromatic heterocycles. The molecule has 0 unspecified atom stereocenters. The Balaban J connectivity index is 5.74. The zero-order valence-electron chi connectivity index (χ0n) is 13.7. The van der Waals surface area contributed by atoms with Gasteiger partial charge in [-0.05, 0) is 0 Å². The Labute approximate surface area is 149 Å². The fourth-order valence-corrected chi connectivity index (χ4v) is 2.37. The Morgan fingerprint density at radius 2 is 0.875 bits per heavy atom. The van der Waals surface area contributed by atoms with Gasteiger partial charge in [0.2, 0.25) is 0 Å². The van der Waals surface area contributed by atoms with E-state index < -0.39 is 48.3 Å². The van der Waals surface area contributed by atoms with E-state index in [0.29, 0.717) is 0 Å². The Hall–Kier alpha value is -1.54. The largest absolute Gasteiger partial charge is 0.457 e. The molecule has 0 radical (unpaired) electrons. The molecular weight excluding hydrogens is 367 g/mol. The molecule has 0 spiro atoms. The summed E-state index contributed by atoms with van der Waals surface area (Å²) >= 11 is 11.5. The highest BCUT2D eigenvalue weighted by atomic mass is 35.5. The summed E-state index contributed by atoms with van der Waals surface area (Å²) in [5, 5.41) is 0. The number of rotatable bonds is 9. The van der Waals surface area contributed by atoms with E-state index in [1.807, 2.05) is 0 Å². The highest BCUT2D eigenvalue weighted by Crippen LogP contribution is 2.21. The molecule has 8 nitrogen and oxygen atoms in total. The molecule has 0 bridgehead atoms. The molecule has 0 aliphatic carbocycles. The molecule has 10 heteroatoms. The van der Waals surface area contributed by atoms with Crippen molar-refractivity contribution < 1.29 is 38.1 Å². The molecule has 0 saturated carbocycles. The third-order valence-corrected chi connectivity index (χ3v) is 3.21. The third kappa shape index (κ3) is 8.35. The second kappa shape index (κ2) is 11.1. The molecule has 0 aliphatic rings. The number of carbonyl (C=O) groups excluding carboxylic acids is 4. The molecule has 0 N–H and O–H groups in total. The molecule has 0 aromatic carbocycles. The van der Waals surface area contributed by atoms with E-state index in [1.165, 1.54) is 0 Å². The van der Waals surface area contributed by atoms with Crippen molar-refractivity contribution in [1.82, 2.24) is 0 Å². The van der Waals surface area contributed by atoms with Crippen molar-refractivity contribution in [2.75, 3.05) is 11.8 Å². The second-order valence-corrected chi connectivity index (χ2v) is 5.37. The zero-order chi connectivity index (χ0) is 18.9. The van der Waals surface area contributed by atoms with Gasteiger partial charge in [0.1, 0.15) is 0 Å². The van der Waals surface area contributed by atoms with E-state index >= 15 is 0 Å². The van der Waals surface area contributed by atoms with Crippen LogP contribution in [0.2, 0.25) is 0 Å². The Morgan fingerprint density at radius 3 is 1.04 bits per heavy atom. The molecule has 24 heavy (non-hydrogen) atoms. The van der Waals surface area contributed by atoms with Gasteiger partial charge in [0.15, 0.2) is 24.4 Å². The summed E-state index contributed by atoms with van der Waals surface area (Å²) in [4.78, 5) is 45.2. The summed E-state index contributed by atoms with van der Waals surface area (Å²) in [6, 6.07) is 0. The highest BCUT2D eigenvalue weighted by Gasteiger charge is 2.42. The lowest BCUT2D eigenvalue weighted by Crippen LogP contribution is -2.52. The minimum atomic E-state index is -1.31. The number of halogens is 2. The topological polar surface area (TPSA) is 105 Å². The van der Waals surface area contributed by atoms with Crippen LogP contribution >= 0.6 is 23.2 Å². The van der Waals surface area contributed by atoms with Crippen LogP contribution in [-0.2, 0) is 38.1 Å². The minimum Gasteiger partial charge on any atom is -0.457 e. The van der Waals surface area contributed by atoms with Crippen molar-refractivity contribution in [1.29, 1.82) is 0 Å². The van der Waals surface area contributed by atoms with Gasteiger partial charge in [0.05, 0.1) is 11.8 Å². The zero-order valence-corrected chi connectivity index (χ0v) is 15.3. The number of hydrogen-bond donors (Lipinski definition) is 0. The van der Waals surface area contributed by atoms with Gasteiger partial charge >= 0.3 is 23.9 Å². The molecule has 0 rings (SSSR count). The van der Waals surface area contributed by atoms with Crippen molar-refractivity contribution >= 4 is 47.1 Å². The maximum Gasteiger partial charge on any atom is 0.303 e. The average molecular weight is 387 g/mol. The quantitative estimate of drug-likeness (QED) is 0.330. The van der Waals surface area contributed by atoms with Crippen molar-refractivity contribution in [2.45, 2.75) is 52.1 Å². The first-order valence-electron chi connectivity index (χ1n) is 6.93. The summed E-state index contributed by atoms with van der Waals surface area (Å²) in [5.74, 6) is -3.37. The first-order chi connectivity index (χ1) is 11.1. The summed E-state index contributed by atoms with van der Waals surface area (Å²) in [5.41, 5.74) is 0. The van der Waals surface area contributed by atoms with Gasteiger partial charge in [0, 0.05) is 27.7 Å². The van der Waals surface area contributed by atoms with Crippen LogP contribution in [0.25, 0.3) is 0 Å². The van der Waals surface area contributed by atoms with Gasteiger partial charge < -0.3 is 18.9 Å². The molecule has 0 amide bonds. The van der Waals surface area contributed by atoms with Crippen LogP contribution in [0.4, 0.5) is 0 Å². The average Bonchev–Trinajstić information content (AvgIpc) is 2.45. The SMILES string of the molecule is CC(=O)O[C@@H]([C@H](OC(C)=O)[C@@H](CCl)OC(C)=O)[C@H](CCl)OC(C)=O. The van der Waals surface area contributed by atoms with E-state index in [0.717, 1.165) is 27.7 Å². The van der Waals surface area contributed by atoms with E-state index in [4.69, 9.17) is 42.1 Å². The lowest BCUT2D eigenvalue weighted by molar-refractivity contribution is -0.194. The maximum atomic E-state index is 11.4. The van der Waals surface area contributed by atoms with Crippen molar-refractivity contribution in [3.63, 3.8) is 0 Å². The van der Waals surface area contributed by atoms with Crippen molar-refractivity contribution in [3.05, 3.63) is 0 Å². The molecule has 0 heterocycles. The Kier molecular flexibility index (Phi) is 10.4. The fraction of sp³-hybridized carbons (Fsp3) is 0.714. The van der Waals surface area contributed by atoms with Gasteiger partial charge in [-0.1, -0.05) is 0 Å². The fourth-order valence-electron chi connectivity index (χ4n) is 1.89. The first kappa shape index (κ1) is 22.5. The van der Waals surface area contributed by atoms with Gasteiger partial charge in [0.25, 0.3) is 0 Å². The van der Waals surface area contributed by atoms with Crippen molar-refractivity contribution in [2.24, 2.45) is 0 Å². The van der Waals surface area contributed by atoms with Crippen LogP contribution < -0.4 is 0 Å². The van der Waals surface area contributed by atoms with Crippen LogP contribution in [-0.4, -0.2) is 60.1 Å². The smallest absolute Gasteiger partial charge is 0.303 e. The van der Waals surface area contributed by atoms with Gasteiger partial charge in [-0.2, -0.15) is 0 Å². The monoisotopic (exact) mass is 386 g/mol. The third-order valence-electron chi connectivity index (χ3n) is 2.60. The van der Waals surface area contributed by atoms with E-state index in [-0.39, 0.29) is 11.8 Å². The van der Waals surface area contributed by atoms with Crippen LogP contribution in [0.1, 0.15) is 27.7 Å². The van der Waals surface area contributed by atoms with Gasteiger partial charge in [-0.3, -0.25) is 19.2 Å².